The van der Waals surface area contributed by atoms with Gasteiger partial charge >= 0.3 is 0 Å². The highest BCUT2D eigenvalue weighted by molar-refractivity contribution is 14.0. The van der Waals surface area contributed by atoms with Crippen molar-refractivity contribution in [1.29, 1.82) is 0 Å². The van der Waals surface area contributed by atoms with Gasteiger partial charge in [0.15, 0.2) is 17.5 Å². The molecule has 1 amide bonds. The van der Waals surface area contributed by atoms with E-state index in [-0.39, 0.29) is 41.6 Å². The number of hydrogen-bond donors (Lipinski definition) is 2. The molecule has 2 N–H and O–H groups in total. The fraction of sp³-hybridized carbons (Fsp3) is 0.417. The Morgan fingerprint density at radius 2 is 1.97 bits per heavy atom. The number of carbonyl (C=O) groups is 1. The number of aliphatic imine (C=N–C) groups is 1. The number of carbonyl (C=O) groups excluding carboxylic acids is 1. The van der Waals surface area contributed by atoms with E-state index < -0.39 is 5.82 Å². The predicted molar refractivity (Wildman–Crippen MR) is 136 cm³/mol. The second-order valence-electron chi connectivity index (χ2n) is 7.69. The molecule has 32 heavy (non-hydrogen) atoms. The summed E-state index contributed by atoms with van der Waals surface area (Å²) in [5.74, 6) is 0.937. The minimum absolute atomic E-state index is 0. The number of benzene rings is 2. The van der Waals surface area contributed by atoms with Crippen molar-refractivity contribution in [3.05, 3.63) is 65.5 Å². The largest absolute Gasteiger partial charge is 0.494 e. The lowest BCUT2D eigenvalue weighted by Gasteiger charge is -2.18. The van der Waals surface area contributed by atoms with Gasteiger partial charge in [-0.3, -0.25) is 4.79 Å². The topological polar surface area (TPSA) is 66.0 Å². The van der Waals surface area contributed by atoms with Crippen molar-refractivity contribution >= 4 is 35.8 Å². The summed E-state index contributed by atoms with van der Waals surface area (Å²) < 4.78 is 18.8. The van der Waals surface area contributed by atoms with Gasteiger partial charge in [-0.15, -0.1) is 24.0 Å². The van der Waals surface area contributed by atoms with E-state index in [0.717, 1.165) is 31.6 Å². The third-order valence-electron chi connectivity index (χ3n) is 5.35. The number of nitrogens with one attached hydrogen (secondary N) is 2. The molecule has 0 radical (unpaired) electrons. The molecule has 1 aliphatic heterocycles. The van der Waals surface area contributed by atoms with Gasteiger partial charge in [0.05, 0.1) is 13.7 Å². The van der Waals surface area contributed by atoms with Crippen LogP contribution in [0.1, 0.15) is 24.5 Å². The second kappa shape index (κ2) is 13.2. The van der Waals surface area contributed by atoms with Gasteiger partial charge in [-0.25, -0.2) is 9.38 Å². The average Bonchev–Trinajstić information content (AvgIpc) is 3.14. The molecule has 1 saturated heterocycles. The maximum Gasteiger partial charge on any atom is 0.223 e. The summed E-state index contributed by atoms with van der Waals surface area (Å²) in [6.07, 6.45) is 1.42. The van der Waals surface area contributed by atoms with Gasteiger partial charge < -0.3 is 20.3 Å². The molecule has 0 aliphatic carbocycles. The van der Waals surface area contributed by atoms with Crippen LogP contribution in [0.5, 0.6) is 5.75 Å². The fourth-order valence-electron chi connectivity index (χ4n) is 3.68. The maximum absolute atomic E-state index is 13.9. The van der Waals surface area contributed by atoms with Crippen LogP contribution >= 0.6 is 24.0 Å². The second-order valence-corrected chi connectivity index (χ2v) is 7.69. The quantitative estimate of drug-likeness (QED) is 0.283. The zero-order valence-corrected chi connectivity index (χ0v) is 21.0. The van der Waals surface area contributed by atoms with Gasteiger partial charge in [0.2, 0.25) is 5.91 Å². The standard InChI is InChI=1S/C24H31FN4O2.HI/c1-3-26-24(27-15-19-9-10-22(31-2)21(25)13-19)28-16-20-14-23(30)29(17-20)12-11-18-7-5-4-6-8-18;/h4-10,13,20H,3,11-12,14-17H2,1-2H3,(H2,26,27,28);1H. The number of nitrogens with zero attached hydrogens (tertiary/aromatic N) is 2. The Morgan fingerprint density at radius 3 is 2.66 bits per heavy atom. The first-order chi connectivity index (χ1) is 15.1. The van der Waals surface area contributed by atoms with Crippen molar-refractivity contribution in [2.24, 2.45) is 10.9 Å². The van der Waals surface area contributed by atoms with E-state index in [2.05, 4.69) is 27.8 Å². The lowest BCUT2D eigenvalue weighted by Crippen LogP contribution is -2.40. The number of likely N-dealkylation sites (tertiary alicyclic amines) is 1. The molecule has 1 heterocycles. The molecule has 2 aromatic carbocycles. The number of rotatable bonds is 9. The first kappa shape index (κ1) is 25.9. The molecule has 3 rings (SSSR count). The van der Waals surface area contributed by atoms with Crippen LogP contribution in [0.15, 0.2) is 53.5 Å². The fourth-order valence-corrected chi connectivity index (χ4v) is 3.68. The molecular formula is C24H32FIN4O2. The number of halogens is 2. The molecule has 174 valence electrons. The van der Waals surface area contributed by atoms with Crippen LogP contribution < -0.4 is 15.4 Å². The van der Waals surface area contributed by atoms with Gasteiger partial charge in [0, 0.05) is 38.5 Å². The molecule has 0 saturated carbocycles. The number of methoxy groups -OCH3 is 1. The van der Waals surface area contributed by atoms with Crippen LogP contribution in [0.3, 0.4) is 0 Å². The summed E-state index contributed by atoms with van der Waals surface area (Å²) in [5.41, 5.74) is 2.01. The zero-order valence-electron chi connectivity index (χ0n) is 18.6. The molecule has 1 unspecified atom stereocenters. The lowest BCUT2D eigenvalue weighted by atomic mass is 10.1. The first-order valence-corrected chi connectivity index (χ1v) is 10.7. The molecule has 0 aromatic heterocycles. The Kier molecular flexibility index (Phi) is 10.7. The molecule has 2 aromatic rings. The maximum atomic E-state index is 13.9. The van der Waals surface area contributed by atoms with Gasteiger partial charge in [-0.1, -0.05) is 36.4 Å². The van der Waals surface area contributed by atoms with E-state index in [1.54, 1.807) is 12.1 Å². The zero-order chi connectivity index (χ0) is 22.1. The van der Waals surface area contributed by atoms with Gasteiger partial charge in [0.1, 0.15) is 0 Å². The van der Waals surface area contributed by atoms with Crippen molar-refractivity contribution in [3.63, 3.8) is 0 Å². The number of ether oxygens (including phenoxy) is 1. The number of guanidine groups is 1. The van der Waals surface area contributed by atoms with Crippen LogP contribution in [0.4, 0.5) is 4.39 Å². The summed E-state index contributed by atoms with van der Waals surface area (Å²) in [6.45, 7) is 5.22. The van der Waals surface area contributed by atoms with E-state index in [0.29, 0.717) is 25.5 Å². The van der Waals surface area contributed by atoms with Crippen molar-refractivity contribution in [3.8, 4) is 5.75 Å². The van der Waals surface area contributed by atoms with Gasteiger partial charge in [0.25, 0.3) is 0 Å². The van der Waals surface area contributed by atoms with Gasteiger partial charge in [-0.05, 0) is 36.6 Å². The van der Waals surface area contributed by atoms with Crippen LogP contribution in [0.25, 0.3) is 0 Å². The molecule has 1 aliphatic rings. The van der Waals surface area contributed by atoms with Crippen molar-refractivity contribution in [2.75, 3.05) is 33.3 Å². The number of amides is 1. The summed E-state index contributed by atoms with van der Waals surface area (Å²) in [4.78, 5) is 18.9. The van der Waals surface area contributed by atoms with Crippen LogP contribution in [0, 0.1) is 11.7 Å². The summed E-state index contributed by atoms with van der Waals surface area (Å²) in [6, 6.07) is 15.1. The molecule has 1 atom stereocenters. The minimum atomic E-state index is -0.395. The summed E-state index contributed by atoms with van der Waals surface area (Å²) in [7, 11) is 1.44. The minimum Gasteiger partial charge on any atom is -0.494 e. The van der Waals surface area contributed by atoms with Crippen molar-refractivity contribution in [2.45, 2.75) is 26.3 Å². The Balaban J connectivity index is 0.00000363. The van der Waals surface area contributed by atoms with E-state index in [9.17, 15) is 9.18 Å². The highest BCUT2D eigenvalue weighted by Crippen LogP contribution is 2.19. The average molecular weight is 554 g/mol. The molecular weight excluding hydrogens is 522 g/mol. The van der Waals surface area contributed by atoms with Crippen LogP contribution in [0.2, 0.25) is 0 Å². The summed E-state index contributed by atoms with van der Waals surface area (Å²) in [5, 5.41) is 6.53. The third kappa shape index (κ3) is 7.65. The Hall–Kier alpha value is -2.36. The van der Waals surface area contributed by atoms with E-state index >= 15 is 0 Å². The predicted octanol–water partition coefficient (Wildman–Crippen LogP) is 3.60. The van der Waals surface area contributed by atoms with E-state index in [4.69, 9.17) is 4.74 Å². The highest BCUT2D eigenvalue weighted by atomic mass is 127. The molecule has 8 heteroatoms. The highest BCUT2D eigenvalue weighted by Gasteiger charge is 2.29. The Labute approximate surface area is 206 Å². The SMILES string of the molecule is CCNC(=NCc1ccc(OC)c(F)c1)NCC1CC(=O)N(CCc2ccccc2)C1.I. The van der Waals surface area contributed by atoms with Crippen molar-refractivity contribution < 1.29 is 13.9 Å². The molecule has 0 bridgehead atoms. The van der Waals surface area contributed by atoms with Gasteiger partial charge in [-0.2, -0.15) is 0 Å². The van der Waals surface area contributed by atoms with Crippen LogP contribution in [-0.4, -0.2) is 50.1 Å². The Morgan fingerprint density at radius 1 is 1.19 bits per heavy atom. The lowest BCUT2D eigenvalue weighted by molar-refractivity contribution is -0.127. The van der Waals surface area contributed by atoms with E-state index in [1.165, 1.54) is 18.7 Å². The monoisotopic (exact) mass is 554 g/mol. The first-order valence-electron chi connectivity index (χ1n) is 10.7. The van der Waals surface area contributed by atoms with E-state index in [1.807, 2.05) is 30.0 Å². The van der Waals surface area contributed by atoms with Crippen LogP contribution in [-0.2, 0) is 17.8 Å². The number of hydrogen-bond acceptors (Lipinski definition) is 3. The normalized spacial score (nSPS) is 16.0. The van der Waals surface area contributed by atoms with Crippen molar-refractivity contribution in [1.82, 2.24) is 15.5 Å². The third-order valence-corrected chi connectivity index (χ3v) is 5.35. The molecule has 0 spiro atoms. The Bertz CT molecular complexity index is 895. The molecule has 6 nitrogen and oxygen atoms in total. The molecule has 1 fully saturated rings. The smallest absolute Gasteiger partial charge is 0.223 e. The summed E-state index contributed by atoms with van der Waals surface area (Å²) >= 11 is 0.